The number of hydrogen-bond acceptors (Lipinski definition) is 5. The molecule has 0 spiro atoms. The molecule has 1 heterocycles. The monoisotopic (exact) mass is 378 g/mol. The Kier molecular flexibility index (Phi) is 4.89. The van der Waals surface area contributed by atoms with Crippen molar-refractivity contribution in [3.63, 3.8) is 0 Å². The molecule has 0 aliphatic carbocycles. The Bertz CT molecular complexity index is 1040. The zero-order valence-electron chi connectivity index (χ0n) is 14.0. The fourth-order valence-corrected chi connectivity index (χ4v) is 2.49. The van der Waals surface area contributed by atoms with Gasteiger partial charge in [0.2, 0.25) is 0 Å². The quantitative estimate of drug-likeness (QED) is 0.503. The van der Waals surface area contributed by atoms with Gasteiger partial charge in [-0.25, -0.2) is 9.59 Å². The molecule has 3 rings (SSSR count). The van der Waals surface area contributed by atoms with E-state index in [-0.39, 0.29) is 23.3 Å². The van der Waals surface area contributed by atoms with E-state index in [2.05, 4.69) is 4.74 Å². The van der Waals surface area contributed by atoms with Crippen LogP contribution in [0.3, 0.4) is 0 Å². The Morgan fingerprint density at radius 2 is 1.78 bits per heavy atom. The van der Waals surface area contributed by atoms with Crippen molar-refractivity contribution in [2.45, 2.75) is 12.8 Å². The summed E-state index contributed by atoms with van der Waals surface area (Å²) in [5.74, 6) is -0.227. The first kappa shape index (κ1) is 18.5. The molecule has 8 heteroatoms. The van der Waals surface area contributed by atoms with Gasteiger partial charge >= 0.3 is 17.8 Å². The molecule has 0 radical (unpaired) electrons. The average Bonchev–Trinajstić information content (AvgIpc) is 2.64. The third kappa shape index (κ3) is 4.11. The molecule has 27 heavy (non-hydrogen) atoms. The van der Waals surface area contributed by atoms with E-state index in [4.69, 9.17) is 9.15 Å². The maximum Gasteiger partial charge on any atom is 0.417 e. The molecule has 0 saturated carbocycles. The normalized spacial score (nSPS) is 11.4. The second-order valence-corrected chi connectivity index (χ2v) is 5.61. The third-order valence-electron chi connectivity index (χ3n) is 3.80. The minimum Gasteiger partial charge on any atom is -0.489 e. The van der Waals surface area contributed by atoms with Gasteiger partial charge in [-0.2, -0.15) is 13.2 Å². The van der Waals surface area contributed by atoms with E-state index < -0.39 is 23.3 Å². The van der Waals surface area contributed by atoms with E-state index in [1.165, 1.54) is 25.3 Å². The lowest BCUT2D eigenvalue weighted by Crippen LogP contribution is -2.11. The molecule has 0 aliphatic rings. The Labute approximate surface area is 150 Å². The zero-order chi connectivity index (χ0) is 19.6. The molecule has 0 atom stereocenters. The number of fused-ring (bicyclic) bond motifs is 1. The third-order valence-corrected chi connectivity index (χ3v) is 3.80. The first-order valence-electron chi connectivity index (χ1n) is 7.73. The van der Waals surface area contributed by atoms with Crippen LogP contribution < -0.4 is 10.4 Å². The number of methoxy groups -OCH3 is 1. The Morgan fingerprint density at radius 3 is 2.41 bits per heavy atom. The number of carbonyl (C=O) groups excluding carboxylic acids is 1. The first-order valence-corrected chi connectivity index (χ1v) is 7.73. The summed E-state index contributed by atoms with van der Waals surface area (Å²) in [5.41, 5.74) is -1.25. The molecule has 0 N–H and O–H groups in total. The van der Waals surface area contributed by atoms with Gasteiger partial charge in [-0.05, 0) is 29.8 Å². The van der Waals surface area contributed by atoms with Crippen molar-refractivity contribution in [1.82, 2.24) is 0 Å². The lowest BCUT2D eigenvalue weighted by atomic mass is 10.1. The summed E-state index contributed by atoms with van der Waals surface area (Å²) in [7, 11) is 1.28. The Hall–Kier alpha value is -3.29. The SMILES string of the molecule is COC(=O)c1ccc(COc2ccc3c(C(F)(F)F)cc(=O)oc3c2)cc1. The molecular formula is C19H13F3O5. The number of halogens is 3. The summed E-state index contributed by atoms with van der Waals surface area (Å²) in [5, 5.41) is -0.225. The van der Waals surface area contributed by atoms with Crippen molar-refractivity contribution in [1.29, 1.82) is 0 Å². The van der Waals surface area contributed by atoms with Crippen LogP contribution in [0.4, 0.5) is 13.2 Å². The molecule has 0 amide bonds. The van der Waals surface area contributed by atoms with Crippen molar-refractivity contribution in [3.05, 3.63) is 75.6 Å². The van der Waals surface area contributed by atoms with Crippen LogP contribution in [0.25, 0.3) is 11.0 Å². The van der Waals surface area contributed by atoms with Gasteiger partial charge in [0, 0.05) is 17.5 Å². The molecule has 0 fully saturated rings. The standard InChI is InChI=1S/C19H13F3O5/c1-25-18(24)12-4-2-11(3-5-12)10-26-13-6-7-14-15(19(20,21)22)9-17(23)27-16(14)8-13/h2-9H,10H2,1H3. The summed E-state index contributed by atoms with van der Waals surface area (Å²) >= 11 is 0. The first-order chi connectivity index (χ1) is 12.8. The van der Waals surface area contributed by atoms with Gasteiger partial charge in [-0.3, -0.25) is 0 Å². The lowest BCUT2D eigenvalue weighted by Gasteiger charge is -2.11. The van der Waals surface area contributed by atoms with Crippen LogP contribution in [0.15, 0.2) is 57.7 Å². The van der Waals surface area contributed by atoms with E-state index in [1.807, 2.05) is 0 Å². The van der Waals surface area contributed by atoms with E-state index in [0.717, 1.165) is 5.56 Å². The van der Waals surface area contributed by atoms with Crippen molar-refractivity contribution in [2.75, 3.05) is 7.11 Å². The fraction of sp³-hybridized carbons (Fsp3) is 0.158. The molecule has 1 aromatic heterocycles. The van der Waals surface area contributed by atoms with E-state index in [9.17, 15) is 22.8 Å². The van der Waals surface area contributed by atoms with Crippen LogP contribution in [-0.4, -0.2) is 13.1 Å². The van der Waals surface area contributed by atoms with Gasteiger partial charge in [-0.1, -0.05) is 12.1 Å². The number of ether oxygens (including phenoxy) is 2. The highest BCUT2D eigenvalue weighted by Crippen LogP contribution is 2.34. The van der Waals surface area contributed by atoms with Crippen molar-refractivity contribution < 1.29 is 31.9 Å². The molecule has 0 aliphatic heterocycles. The van der Waals surface area contributed by atoms with Crippen LogP contribution in [-0.2, 0) is 17.5 Å². The summed E-state index contributed by atoms with van der Waals surface area (Å²) in [4.78, 5) is 22.8. The summed E-state index contributed by atoms with van der Waals surface area (Å²) < 4.78 is 54.1. The average molecular weight is 378 g/mol. The summed E-state index contributed by atoms with van der Waals surface area (Å²) in [6.45, 7) is 0.107. The van der Waals surface area contributed by atoms with E-state index in [1.54, 1.807) is 24.3 Å². The largest absolute Gasteiger partial charge is 0.489 e. The number of hydrogen-bond donors (Lipinski definition) is 0. The zero-order valence-corrected chi connectivity index (χ0v) is 14.0. The predicted molar refractivity (Wildman–Crippen MR) is 89.6 cm³/mol. The summed E-state index contributed by atoms with van der Waals surface area (Å²) in [6.07, 6.45) is -4.67. The molecular weight excluding hydrogens is 365 g/mol. The van der Waals surface area contributed by atoms with Crippen LogP contribution in [0.5, 0.6) is 5.75 Å². The minimum atomic E-state index is -4.67. The van der Waals surface area contributed by atoms with Crippen molar-refractivity contribution >= 4 is 16.9 Å². The Balaban J connectivity index is 1.82. The van der Waals surface area contributed by atoms with Gasteiger partial charge in [0.05, 0.1) is 18.2 Å². The number of esters is 1. The van der Waals surface area contributed by atoms with Crippen molar-refractivity contribution in [3.8, 4) is 5.75 Å². The highest BCUT2D eigenvalue weighted by molar-refractivity contribution is 5.89. The minimum absolute atomic E-state index is 0.107. The molecule has 0 bridgehead atoms. The molecule has 2 aromatic carbocycles. The number of carbonyl (C=O) groups is 1. The van der Waals surface area contributed by atoms with Crippen LogP contribution in [0, 0.1) is 0 Å². The maximum absolute atomic E-state index is 13.0. The molecule has 140 valence electrons. The van der Waals surface area contributed by atoms with Crippen LogP contribution in [0.1, 0.15) is 21.5 Å². The highest BCUT2D eigenvalue weighted by Gasteiger charge is 2.33. The van der Waals surface area contributed by atoms with E-state index in [0.29, 0.717) is 11.6 Å². The second kappa shape index (κ2) is 7.14. The summed E-state index contributed by atoms with van der Waals surface area (Å²) in [6, 6.07) is 10.7. The van der Waals surface area contributed by atoms with Gasteiger partial charge < -0.3 is 13.9 Å². The highest BCUT2D eigenvalue weighted by atomic mass is 19.4. The predicted octanol–water partition coefficient (Wildman–Crippen LogP) is 4.18. The number of benzene rings is 2. The van der Waals surface area contributed by atoms with Crippen LogP contribution >= 0.6 is 0 Å². The topological polar surface area (TPSA) is 65.7 Å². The second-order valence-electron chi connectivity index (χ2n) is 5.61. The van der Waals surface area contributed by atoms with Gasteiger partial charge in [-0.15, -0.1) is 0 Å². The fourth-order valence-electron chi connectivity index (χ4n) is 2.49. The van der Waals surface area contributed by atoms with Crippen molar-refractivity contribution in [2.24, 2.45) is 0 Å². The van der Waals surface area contributed by atoms with Gasteiger partial charge in [0.15, 0.2) is 0 Å². The number of alkyl halides is 3. The molecule has 5 nitrogen and oxygen atoms in total. The van der Waals surface area contributed by atoms with E-state index >= 15 is 0 Å². The smallest absolute Gasteiger partial charge is 0.417 e. The maximum atomic E-state index is 13.0. The Morgan fingerprint density at radius 1 is 1.07 bits per heavy atom. The molecule has 0 saturated heterocycles. The number of rotatable bonds is 4. The van der Waals surface area contributed by atoms with Crippen LogP contribution in [0.2, 0.25) is 0 Å². The van der Waals surface area contributed by atoms with Gasteiger partial charge in [0.1, 0.15) is 17.9 Å². The molecule has 0 unspecified atom stereocenters. The molecule has 3 aromatic rings. The van der Waals surface area contributed by atoms with Gasteiger partial charge in [0.25, 0.3) is 0 Å². The lowest BCUT2D eigenvalue weighted by molar-refractivity contribution is -0.136.